The van der Waals surface area contributed by atoms with Crippen LogP contribution in [0.5, 0.6) is 0 Å². The first-order chi connectivity index (χ1) is 9.20. The van der Waals surface area contributed by atoms with Gasteiger partial charge in [-0.3, -0.25) is 4.79 Å². The molecule has 104 valence electrons. The summed E-state index contributed by atoms with van der Waals surface area (Å²) in [5, 5.41) is 0.683. The molecule has 4 heteroatoms. The monoisotopic (exact) mass is 280 g/mol. The Hall–Kier alpha value is -1.06. The van der Waals surface area contributed by atoms with E-state index in [0.29, 0.717) is 24.0 Å². The van der Waals surface area contributed by atoms with Crippen LogP contribution in [0.2, 0.25) is 5.02 Å². The van der Waals surface area contributed by atoms with Crippen LogP contribution in [0.1, 0.15) is 31.2 Å². The molecular formula is C15H21ClN2O. The van der Waals surface area contributed by atoms with E-state index in [2.05, 4.69) is 0 Å². The predicted molar refractivity (Wildman–Crippen MR) is 78.2 cm³/mol. The number of carbonyl (C=O) groups excluding carboxylic acids is 1. The van der Waals surface area contributed by atoms with Gasteiger partial charge in [0.25, 0.3) is 0 Å². The van der Waals surface area contributed by atoms with Crippen LogP contribution in [-0.4, -0.2) is 29.9 Å². The van der Waals surface area contributed by atoms with Crippen molar-refractivity contribution in [3.8, 4) is 0 Å². The largest absolute Gasteiger partial charge is 0.339 e. The summed E-state index contributed by atoms with van der Waals surface area (Å²) >= 11 is 5.95. The zero-order valence-electron chi connectivity index (χ0n) is 11.1. The molecule has 0 aliphatic carbocycles. The average molecular weight is 281 g/mol. The number of benzene rings is 1. The second-order valence-electron chi connectivity index (χ2n) is 5.12. The molecule has 0 spiro atoms. The summed E-state index contributed by atoms with van der Waals surface area (Å²) in [5.41, 5.74) is 6.62. The van der Waals surface area contributed by atoms with Gasteiger partial charge in [0.05, 0.1) is 6.42 Å². The van der Waals surface area contributed by atoms with Crippen LogP contribution in [-0.2, 0) is 11.2 Å². The Morgan fingerprint density at radius 1 is 1.42 bits per heavy atom. The molecule has 0 bridgehead atoms. The van der Waals surface area contributed by atoms with E-state index < -0.39 is 0 Å². The molecule has 1 heterocycles. The number of likely N-dealkylation sites (tertiary alicyclic amines) is 1. The van der Waals surface area contributed by atoms with Gasteiger partial charge >= 0.3 is 0 Å². The molecule has 3 nitrogen and oxygen atoms in total. The summed E-state index contributed by atoms with van der Waals surface area (Å²) < 4.78 is 0. The average Bonchev–Trinajstić information content (AvgIpc) is 2.39. The van der Waals surface area contributed by atoms with Crippen molar-refractivity contribution in [2.45, 2.75) is 38.1 Å². The zero-order chi connectivity index (χ0) is 13.7. The number of carbonyl (C=O) groups is 1. The van der Waals surface area contributed by atoms with Crippen molar-refractivity contribution in [2.24, 2.45) is 5.73 Å². The third kappa shape index (κ3) is 3.95. The summed E-state index contributed by atoms with van der Waals surface area (Å²) in [6, 6.07) is 7.85. The number of piperidine rings is 1. The van der Waals surface area contributed by atoms with Crippen molar-refractivity contribution in [1.82, 2.24) is 4.90 Å². The third-order valence-electron chi connectivity index (χ3n) is 3.69. The predicted octanol–water partition coefficient (Wildman–Crippen LogP) is 2.61. The molecular weight excluding hydrogens is 260 g/mol. The van der Waals surface area contributed by atoms with Crippen LogP contribution in [0, 0.1) is 0 Å². The topological polar surface area (TPSA) is 46.3 Å². The van der Waals surface area contributed by atoms with E-state index >= 15 is 0 Å². The first-order valence-electron chi connectivity index (χ1n) is 6.94. The number of hydrogen-bond acceptors (Lipinski definition) is 2. The van der Waals surface area contributed by atoms with Crippen LogP contribution < -0.4 is 5.73 Å². The second-order valence-corrected chi connectivity index (χ2v) is 5.56. The Kier molecular flexibility index (Phi) is 5.23. The van der Waals surface area contributed by atoms with E-state index in [9.17, 15) is 4.79 Å². The molecule has 1 fully saturated rings. The minimum absolute atomic E-state index is 0.195. The highest BCUT2D eigenvalue weighted by molar-refractivity contribution is 6.30. The summed E-state index contributed by atoms with van der Waals surface area (Å²) in [4.78, 5) is 14.4. The lowest BCUT2D eigenvalue weighted by molar-refractivity contribution is -0.134. The van der Waals surface area contributed by atoms with E-state index in [1.165, 1.54) is 6.42 Å². The lowest BCUT2D eigenvalue weighted by Gasteiger charge is -2.35. The smallest absolute Gasteiger partial charge is 0.227 e. The van der Waals surface area contributed by atoms with Crippen molar-refractivity contribution in [1.29, 1.82) is 0 Å². The standard InChI is InChI=1S/C15H21ClN2O/c16-13-5-3-4-12(10-13)11-15(19)18-9-2-1-6-14(18)7-8-17/h3-5,10,14H,1-2,6-9,11,17H2. The lowest BCUT2D eigenvalue weighted by atomic mass is 9.98. The molecule has 1 unspecified atom stereocenters. The quantitative estimate of drug-likeness (QED) is 0.921. The van der Waals surface area contributed by atoms with Crippen molar-refractivity contribution >= 4 is 17.5 Å². The van der Waals surface area contributed by atoms with Gasteiger partial charge in [0, 0.05) is 17.6 Å². The van der Waals surface area contributed by atoms with E-state index in [0.717, 1.165) is 31.4 Å². The van der Waals surface area contributed by atoms with E-state index in [1.807, 2.05) is 29.2 Å². The van der Waals surface area contributed by atoms with Crippen LogP contribution in [0.4, 0.5) is 0 Å². The number of nitrogens with zero attached hydrogens (tertiary/aromatic N) is 1. The van der Waals surface area contributed by atoms with Gasteiger partial charge in [-0.25, -0.2) is 0 Å². The molecule has 0 aromatic heterocycles. The fourth-order valence-corrected chi connectivity index (χ4v) is 2.96. The summed E-state index contributed by atoms with van der Waals surface area (Å²) in [6.07, 6.45) is 4.72. The number of rotatable bonds is 4. The molecule has 1 amide bonds. The van der Waals surface area contributed by atoms with Crippen LogP contribution in [0.3, 0.4) is 0 Å². The maximum absolute atomic E-state index is 12.4. The maximum Gasteiger partial charge on any atom is 0.227 e. The molecule has 0 saturated carbocycles. The third-order valence-corrected chi connectivity index (χ3v) is 3.93. The second kappa shape index (κ2) is 6.92. The van der Waals surface area contributed by atoms with Crippen LogP contribution in [0.15, 0.2) is 24.3 Å². The van der Waals surface area contributed by atoms with Gasteiger partial charge in [-0.2, -0.15) is 0 Å². The Morgan fingerprint density at radius 2 is 2.26 bits per heavy atom. The summed E-state index contributed by atoms with van der Waals surface area (Å²) in [6.45, 7) is 1.51. The lowest BCUT2D eigenvalue weighted by Crippen LogP contribution is -2.45. The summed E-state index contributed by atoms with van der Waals surface area (Å²) in [5.74, 6) is 0.195. The molecule has 2 rings (SSSR count). The fraction of sp³-hybridized carbons (Fsp3) is 0.533. The van der Waals surface area contributed by atoms with Crippen molar-refractivity contribution in [3.63, 3.8) is 0 Å². The first-order valence-corrected chi connectivity index (χ1v) is 7.32. The highest BCUT2D eigenvalue weighted by atomic mass is 35.5. The maximum atomic E-state index is 12.4. The molecule has 19 heavy (non-hydrogen) atoms. The van der Waals surface area contributed by atoms with Crippen molar-refractivity contribution < 1.29 is 4.79 Å². The minimum Gasteiger partial charge on any atom is -0.339 e. The normalized spacial score (nSPS) is 19.5. The Balaban J connectivity index is 2.01. The van der Waals surface area contributed by atoms with Gasteiger partial charge < -0.3 is 10.6 Å². The molecule has 1 saturated heterocycles. The summed E-state index contributed by atoms with van der Waals surface area (Å²) in [7, 11) is 0. The van der Waals surface area contributed by atoms with Crippen molar-refractivity contribution in [2.75, 3.05) is 13.1 Å². The van der Waals surface area contributed by atoms with Gasteiger partial charge in [-0.15, -0.1) is 0 Å². The molecule has 0 radical (unpaired) electrons. The first kappa shape index (κ1) is 14.4. The molecule has 1 aromatic carbocycles. The van der Waals surface area contributed by atoms with E-state index in [4.69, 9.17) is 17.3 Å². The molecule has 1 atom stereocenters. The number of nitrogens with two attached hydrogens (primary N) is 1. The number of hydrogen-bond donors (Lipinski definition) is 1. The van der Waals surface area contributed by atoms with Crippen molar-refractivity contribution in [3.05, 3.63) is 34.9 Å². The highest BCUT2D eigenvalue weighted by Crippen LogP contribution is 2.21. The van der Waals surface area contributed by atoms with E-state index in [-0.39, 0.29) is 5.91 Å². The highest BCUT2D eigenvalue weighted by Gasteiger charge is 2.25. The molecule has 2 N–H and O–H groups in total. The number of halogens is 1. The minimum atomic E-state index is 0.195. The zero-order valence-corrected chi connectivity index (χ0v) is 11.9. The Morgan fingerprint density at radius 3 is 3.00 bits per heavy atom. The van der Waals surface area contributed by atoms with Gasteiger partial charge in [0.15, 0.2) is 0 Å². The molecule has 1 aromatic rings. The Bertz CT molecular complexity index is 434. The van der Waals surface area contributed by atoms with Gasteiger partial charge in [0.2, 0.25) is 5.91 Å². The Labute approximate surface area is 119 Å². The van der Waals surface area contributed by atoms with Gasteiger partial charge in [0.1, 0.15) is 0 Å². The van der Waals surface area contributed by atoms with Crippen LogP contribution >= 0.6 is 11.6 Å². The van der Waals surface area contributed by atoms with Crippen LogP contribution in [0.25, 0.3) is 0 Å². The molecule has 1 aliphatic rings. The van der Waals surface area contributed by atoms with Gasteiger partial charge in [-0.05, 0) is 49.9 Å². The van der Waals surface area contributed by atoms with Gasteiger partial charge in [-0.1, -0.05) is 23.7 Å². The fourth-order valence-electron chi connectivity index (χ4n) is 2.74. The molecule has 1 aliphatic heterocycles. The SMILES string of the molecule is NCCC1CCCCN1C(=O)Cc1cccc(Cl)c1. The number of amides is 1. The van der Waals surface area contributed by atoms with E-state index in [1.54, 1.807) is 0 Å².